The van der Waals surface area contributed by atoms with Gasteiger partial charge in [0, 0.05) is 27.7 Å². The number of aliphatic imine (C=N–C) groups is 1. The molecule has 0 fully saturated rings. The predicted molar refractivity (Wildman–Crippen MR) is 92.4 cm³/mol. The van der Waals surface area contributed by atoms with Crippen molar-refractivity contribution in [1.82, 2.24) is 25.0 Å². The number of hydrogen-bond acceptors (Lipinski definition) is 4. The van der Waals surface area contributed by atoms with Crippen molar-refractivity contribution in [3.63, 3.8) is 0 Å². The normalized spacial score (nSPS) is 11.1. The maximum atomic E-state index is 4.28. The third-order valence-electron chi connectivity index (χ3n) is 2.78. The van der Waals surface area contributed by atoms with Gasteiger partial charge in [0.15, 0.2) is 5.96 Å². The Labute approximate surface area is 139 Å². The second kappa shape index (κ2) is 8.20. The summed E-state index contributed by atoms with van der Waals surface area (Å²) >= 11 is 1.71. The van der Waals surface area contributed by atoms with Crippen LogP contribution in [0.3, 0.4) is 0 Å². The molecule has 2 aromatic rings. The second-order valence-corrected chi connectivity index (χ2v) is 4.97. The summed E-state index contributed by atoms with van der Waals surface area (Å²) in [6.07, 6.45) is 1.55. The average molecular weight is 406 g/mol. The number of aryl methyl sites for hydroxylation is 1. The maximum Gasteiger partial charge on any atom is 0.194 e. The number of guanidine groups is 1. The molecule has 0 saturated heterocycles. The molecular weight excluding hydrogens is 387 g/mol. The number of rotatable bonds is 4. The van der Waals surface area contributed by atoms with Gasteiger partial charge in [0.1, 0.15) is 12.2 Å². The van der Waals surface area contributed by atoms with Gasteiger partial charge in [-0.05, 0) is 22.4 Å². The molecule has 0 atom stereocenters. The van der Waals surface area contributed by atoms with E-state index in [9.17, 15) is 0 Å². The Kier molecular flexibility index (Phi) is 6.93. The molecule has 0 aliphatic rings. The van der Waals surface area contributed by atoms with E-state index < -0.39 is 0 Å². The Bertz CT molecular complexity index is 536. The lowest BCUT2D eigenvalue weighted by Crippen LogP contribution is -2.38. The fourth-order valence-electron chi connectivity index (χ4n) is 1.75. The predicted octanol–water partition coefficient (Wildman–Crippen LogP) is 1.70. The van der Waals surface area contributed by atoms with E-state index in [4.69, 9.17) is 0 Å². The smallest absolute Gasteiger partial charge is 0.194 e. The zero-order valence-corrected chi connectivity index (χ0v) is 14.9. The minimum Gasteiger partial charge on any atom is -0.349 e. The van der Waals surface area contributed by atoms with Crippen LogP contribution >= 0.6 is 35.3 Å². The van der Waals surface area contributed by atoms with E-state index in [0.29, 0.717) is 6.54 Å². The molecule has 0 amide bonds. The molecule has 0 saturated carbocycles. The van der Waals surface area contributed by atoms with Crippen molar-refractivity contribution in [2.75, 3.05) is 14.1 Å². The van der Waals surface area contributed by atoms with Crippen molar-refractivity contribution in [1.29, 1.82) is 0 Å². The van der Waals surface area contributed by atoms with Crippen LogP contribution in [0.15, 0.2) is 28.1 Å². The van der Waals surface area contributed by atoms with E-state index in [0.717, 1.165) is 18.3 Å². The summed E-state index contributed by atoms with van der Waals surface area (Å²) in [5, 5.41) is 11.5. The first kappa shape index (κ1) is 16.9. The van der Waals surface area contributed by atoms with Crippen LogP contribution in [-0.4, -0.2) is 39.7 Å². The third kappa shape index (κ3) is 4.44. The van der Waals surface area contributed by atoms with Crippen molar-refractivity contribution in [2.45, 2.75) is 13.1 Å². The Morgan fingerprint density at radius 2 is 2.35 bits per heavy atom. The lowest BCUT2D eigenvalue weighted by molar-refractivity contribution is 0.474. The molecule has 2 aromatic heterocycles. The number of halogens is 1. The van der Waals surface area contributed by atoms with Crippen molar-refractivity contribution < 1.29 is 0 Å². The first-order valence-electron chi connectivity index (χ1n) is 5.96. The summed E-state index contributed by atoms with van der Waals surface area (Å²) in [7, 11) is 5.68. The Morgan fingerprint density at radius 3 is 2.90 bits per heavy atom. The van der Waals surface area contributed by atoms with Crippen LogP contribution in [0.2, 0.25) is 0 Å². The summed E-state index contributed by atoms with van der Waals surface area (Å²) in [6.45, 7) is 1.44. The van der Waals surface area contributed by atoms with Gasteiger partial charge in [0.05, 0.1) is 6.54 Å². The highest BCUT2D eigenvalue weighted by Gasteiger charge is 2.08. The lowest BCUT2D eigenvalue weighted by atomic mass is 10.3. The van der Waals surface area contributed by atoms with Gasteiger partial charge >= 0.3 is 0 Å². The molecule has 20 heavy (non-hydrogen) atoms. The van der Waals surface area contributed by atoms with E-state index in [1.165, 1.54) is 5.56 Å². The molecule has 0 spiro atoms. The van der Waals surface area contributed by atoms with Gasteiger partial charge < -0.3 is 10.2 Å². The molecule has 1 N–H and O–H groups in total. The van der Waals surface area contributed by atoms with Gasteiger partial charge in [-0.2, -0.15) is 16.4 Å². The van der Waals surface area contributed by atoms with Crippen molar-refractivity contribution in [2.24, 2.45) is 12.0 Å². The monoisotopic (exact) mass is 406 g/mol. The molecule has 0 aliphatic heterocycles. The first-order valence-corrected chi connectivity index (χ1v) is 6.90. The van der Waals surface area contributed by atoms with E-state index in [1.807, 2.05) is 14.1 Å². The van der Waals surface area contributed by atoms with Crippen LogP contribution < -0.4 is 5.32 Å². The summed E-state index contributed by atoms with van der Waals surface area (Å²) in [6, 6.07) is 2.12. The first-order chi connectivity index (χ1) is 9.20. The van der Waals surface area contributed by atoms with Gasteiger partial charge in [-0.1, -0.05) is 0 Å². The fourth-order valence-corrected chi connectivity index (χ4v) is 2.41. The zero-order valence-electron chi connectivity index (χ0n) is 11.8. The van der Waals surface area contributed by atoms with Crippen LogP contribution in [0, 0.1) is 0 Å². The topological polar surface area (TPSA) is 58.3 Å². The highest BCUT2D eigenvalue weighted by atomic mass is 127. The number of thiophene rings is 1. The van der Waals surface area contributed by atoms with Gasteiger partial charge in [-0.15, -0.1) is 24.0 Å². The van der Waals surface area contributed by atoms with E-state index in [1.54, 1.807) is 29.4 Å². The molecule has 110 valence electrons. The van der Waals surface area contributed by atoms with Crippen LogP contribution in [0.4, 0.5) is 0 Å². The van der Waals surface area contributed by atoms with E-state index >= 15 is 0 Å². The number of aromatic nitrogens is 3. The lowest BCUT2D eigenvalue weighted by Gasteiger charge is -2.21. The molecule has 0 radical (unpaired) electrons. The van der Waals surface area contributed by atoms with Crippen LogP contribution in [0.5, 0.6) is 0 Å². The molecule has 0 bridgehead atoms. The molecule has 2 heterocycles. The molecule has 6 nitrogen and oxygen atoms in total. The standard InChI is InChI=1S/C12H18N6S.HI/c1-13-12(14-6-11-15-9-16-18(11)3)17(2)7-10-4-5-19-8-10;/h4-5,8-9H,6-7H2,1-3H3,(H,13,14);1H. The number of hydrogen-bond donors (Lipinski definition) is 1. The van der Waals surface area contributed by atoms with Gasteiger partial charge in [0.2, 0.25) is 0 Å². The highest BCUT2D eigenvalue weighted by molar-refractivity contribution is 14.0. The van der Waals surface area contributed by atoms with E-state index in [-0.39, 0.29) is 24.0 Å². The summed E-state index contributed by atoms with van der Waals surface area (Å²) < 4.78 is 1.75. The zero-order chi connectivity index (χ0) is 13.7. The quantitative estimate of drug-likeness (QED) is 0.477. The molecule has 0 aliphatic carbocycles. The van der Waals surface area contributed by atoms with Crippen molar-refractivity contribution in [3.05, 3.63) is 34.5 Å². The summed E-state index contributed by atoms with van der Waals surface area (Å²) in [5.41, 5.74) is 1.29. The average Bonchev–Trinajstić information content (AvgIpc) is 3.02. The fraction of sp³-hybridized carbons (Fsp3) is 0.417. The van der Waals surface area contributed by atoms with Gasteiger partial charge in [-0.25, -0.2) is 4.98 Å². The van der Waals surface area contributed by atoms with Crippen LogP contribution in [-0.2, 0) is 20.1 Å². The molecule has 2 rings (SSSR count). The summed E-state index contributed by atoms with van der Waals surface area (Å²) in [4.78, 5) is 10.5. The second-order valence-electron chi connectivity index (χ2n) is 4.19. The Hall–Kier alpha value is -1.16. The van der Waals surface area contributed by atoms with Crippen LogP contribution in [0.1, 0.15) is 11.4 Å². The Balaban J connectivity index is 0.00000200. The van der Waals surface area contributed by atoms with Crippen molar-refractivity contribution in [3.8, 4) is 0 Å². The summed E-state index contributed by atoms with van der Waals surface area (Å²) in [5.74, 6) is 1.72. The van der Waals surface area contributed by atoms with Crippen molar-refractivity contribution >= 4 is 41.3 Å². The third-order valence-corrected chi connectivity index (χ3v) is 3.52. The highest BCUT2D eigenvalue weighted by Crippen LogP contribution is 2.08. The largest absolute Gasteiger partial charge is 0.349 e. The minimum atomic E-state index is 0. The van der Waals surface area contributed by atoms with Gasteiger partial charge in [-0.3, -0.25) is 9.67 Å². The SMILES string of the molecule is CN=C(NCc1ncnn1C)N(C)Cc1ccsc1.I. The molecule has 8 heteroatoms. The van der Waals surface area contributed by atoms with Gasteiger partial charge in [0.25, 0.3) is 0 Å². The van der Waals surface area contributed by atoms with Crippen LogP contribution in [0.25, 0.3) is 0 Å². The molecular formula is C12H19IN6S. The van der Waals surface area contributed by atoms with E-state index in [2.05, 4.69) is 42.1 Å². The molecule has 0 aromatic carbocycles. The number of nitrogens with zero attached hydrogens (tertiary/aromatic N) is 5. The minimum absolute atomic E-state index is 0. The number of nitrogens with one attached hydrogen (secondary N) is 1. The molecule has 0 unspecified atom stereocenters. The Morgan fingerprint density at radius 1 is 1.55 bits per heavy atom. The maximum absolute atomic E-state index is 4.28.